The van der Waals surface area contributed by atoms with Crippen LogP contribution in [0.15, 0.2) is 53.7 Å². The lowest BCUT2D eigenvalue weighted by atomic mass is 10.0. The van der Waals surface area contributed by atoms with Crippen molar-refractivity contribution in [3.05, 3.63) is 54.2 Å². The Morgan fingerprint density at radius 1 is 1.19 bits per heavy atom. The van der Waals surface area contributed by atoms with Gasteiger partial charge in [0, 0.05) is 0 Å². The van der Waals surface area contributed by atoms with Gasteiger partial charge in [-0.05, 0) is 29.9 Å². The summed E-state index contributed by atoms with van der Waals surface area (Å²) in [5, 5.41) is 0.857. The number of sulfonamides is 1. The van der Waals surface area contributed by atoms with Crippen molar-refractivity contribution in [2.45, 2.75) is 17.9 Å². The Morgan fingerprint density at radius 3 is 2.48 bits per heavy atom. The van der Waals surface area contributed by atoms with Gasteiger partial charge in [0.25, 0.3) is 0 Å². The molecule has 1 heterocycles. The molecule has 0 aliphatic carbocycles. The number of aromatic nitrogens is 1. The zero-order valence-corrected chi connectivity index (χ0v) is 13.6. The second kappa shape index (κ2) is 6.95. The third kappa shape index (κ3) is 4.75. The van der Waals surface area contributed by atoms with Crippen molar-refractivity contribution in [3.63, 3.8) is 0 Å². The van der Waals surface area contributed by atoms with E-state index in [2.05, 4.69) is 9.71 Å². The molecular weight excluding hydrogens is 304 g/mol. The van der Waals surface area contributed by atoms with Gasteiger partial charge < -0.3 is 0 Å². The highest BCUT2D eigenvalue weighted by atomic mass is 32.2. The van der Waals surface area contributed by atoms with Gasteiger partial charge in [0.1, 0.15) is 0 Å². The average molecular weight is 322 g/mol. The molecule has 1 atom stereocenters. The van der Waals surface area contributed by atoms with Crippen molar-refractivity contribution in [1.29, 1.82) is 0 Å². The van der Waals surface area contributed by atoms with E-state index < -0.39 is 10.0 Å². The van der Waals surface area contributed by atoms with Crippen LogP contribution in [-0.2, 0) is 10.0 Å². The first-order valence-electron chi connectivity index (χ1n) is 6.55. The van der Waals surface area contributed by atoms with Gasteiger partial charge in [0.2, 0.25) is 10.0 Å². The smallest absolute Gasteiger partial charge is 0.233 e. The summed E-state index contributed by atoms with van der Waals surface area (Å²) >= 11 is 1.52. The molecule has 0 saturated heterocycles. The number of hydrogen-bond acceptors (Lipinski definition) is 4. The maximum atomic E-state index is 12.2. The molecule has 4 nitrogen and oxygen atoms in total. The molecule has 0 aliphatic rings. The van der Waals surface area contributed by atoms with Crippen LogP contribution in [-0.4, -0.2) is 25.4 Å². The Labute approximate surface area is 130 Å². The Bertz CT molecular complexity index is 671. The second-order valence-electron chi connectivity index (χ2n) is 4.78. The molecular formula is C15H18N2O2S2. The fourth-order valence-electron chi connectivity index (χ4n) is 1.99. The van der Waals surface area contributed by atoms with E-state index in [1.165, 1.54) is 18.0 Å². The van der Waals surface area contributed by atoms with Gasteiger partial charge in [0.15, 0.2) is 0 Å². The van der Waals surface area contributed by atoms with Crippen molar-refractivity contribution in [2.75, 3.05) is 16.7 Å². The quantitative estimate of drug-likeness (QED) is 0.829. The highest BCUT2D eigenvalue weighted by molar-refractivity contribution is 7.98. The summed E-state index contributed by atoms with van der Waals surface area (Å²) in [5.41, 5.74) is 1.51. The van der Waals surface area contributed by atoms with Gasteiger partial charge >= 0.3 is 0 Å². The molecule has 0 amide bonds. The van der Waals surface area contributed by atoms with Crippen LogP contribution in [0, 0.1) is 0 Å². The van der Waals surface area contributed by atoms with Crippen molar-refractivity contribution in [3.8, 4) is 0 Å². The summed E-state index contributed by atoms with van der Waals surface area (Å²) in [7, 11) is -3.40. The topological polar surface area (TPSA) is 59.1 Å². The number of thioether (sulfide) groups is 1. The molecule has 0 saturated carbocycles. The third-order valence-corrected chi connectivity index (χ3v) is 5.20. The molecule has 1 N–H and O–H groups in total. The molecule has 0 fully saturated rings. The van der Waals surface area contributed by atoms with Gasteiger partial charge in [-0.15, -0.1) is 11.8 Å². The van der Waals surface area contributed by atoms with E-state index in [0.717, 1.165) is 10.6 Å². The minimum absolute atomic E-state index is 0.0429. The van der Waals surface area contributed by atoms with Crippen molar-refractivity contribution in [1.82, 2.24) is 4.98 Å². The Kier molecular flexibility index (Phi) is 5.25. The largest absolute Gasteiger partial charge is 0.282 e. The van der Waals surface area contributed by atoms with E-state index in [1.54, 1.807) is 12.1 Å². The molecule has 21 heavy (non-hydrogen) atoms. The van der Waals surface area contributed by atoms with Crippen LogP contribution in [0.5, 0.6) is 0 Å². The molecule has 1 aromatic heterocycles. The monoisotopic (exact) mass is 322 g/mol. The standard InChI is InChI=1S/C15H18N2O2S2/c1-12(13-6-4-3-5-7-13)11-21(18,19)17-14-8-9-15(20-2)16-10-14/h3-10,12,17H,11H2,1-2H3/t12-/m1/s1. The van der Waals surface area contributed by atoms with E-state index >= 15 is 0 Å². The number of nitrogens with one attached hydrogen (secondary N) is 1. The predicted octanol–water partition coefficient (Wildman–Crippen LogP) is 3.35. The molecule has 0 radical (unpaired) electrons. The molecule has 0 bridgehead atoms. The minimum atomic E-state index is -3.40. The van der Waals surface area contributed by atoms with Crippen LogP contribution >= 0.6 is 11.8 Å². The number of nitrogens with zero attached hydrogens (tertiary/aromatic N) is 1. The number of rotatable bonds is 6. The van der Waals surface area contributed by atoms with Crippen molar-refractivity contribution < 1.29 is 8.42 Å². The molecule has 0 unspecified atom stereocenters. The van der Waals surface area contributed by atoms with Gasteiger partial charge in [-0.1, -0.05) is 37.3 Å². The Hall–Kier alpha value is -1.53. The number of benzene rings is 1. The van der Waals surface area contributed by atoms with Crippen LogP contribution in [0.1, 0.15) is 18.4 Å². The molecule has 2 rings (SSSR count). The Morgan fingerprint density at radius 2 is 1.90 bits per heavy atom. The lowest BCUT2D eigenvalue weighted by molar-refractivity contribution is 0.595. The first-order valence-corrected chi connectivity index (χ1v) is 9.43. The third-order valence-electron chi connectivity index (χ3n) is 3.06. The van der Waals surface area contributed by atoms with Crippen molar-refractivity contribution >= 4 is 27.5 Å². The van der Waals surface area contributed by atoms with Crippen LogP contribution in [0.2, 0.25) is 0 Å². The first-order chi connectivity index (χ1) is 10.00. The van der Waals surface area contributed by atoms with E-state index in [9.17, 15) is 8.42 Å². The lowest BCUT2D eigenvalue weighted by Crippen LogP contribution is -2.20. The fourth-order valence-corrected chi connectivity index (χ4v) is 3.77. The van der Waals surface area contributed by atoms with Gasteiger partial charge in [-0.25, -0.2) is 13.4 Å². The van der Waals surface area contributed by atoms with Crippen LogP contribution in [0.25, 0.3) is 0 Å². The van der Waals surface area contributed by atoms with Crippen LogP contribution in [0.3, 0.4) is 0 Å². The normalized spacial score (nSPS) is 12.9. The molecule has 1 aromatic carbocycles. The predicted molar refractivity (Wildman–Crippen MR) is 88.3 cm³/mol. The zero-order chi connectivity index (χ0) is 15.3. The van der Waals surface area contributed by atoms with Crippen molar-refractivity contribution in [2.24, 2.45) is 0 Å². The average Bonchev–Trinajstić information content (AvgIpc) is 2.48. The molecule has 6 heteroatoms. The number of pyridine rings is 1. The Balaban J connectivity index is 2.04. The van der Waals surface area contributed by atoms with E-state index in [-0.39, 0.29) is 11.7 Å². The highest BCUT2D eigenvalue weighted by Crippen LogP contribution is 2.19. The summed E-state index contributed by atoms with van der Waals surface area (Å²) in [6, 6.07) is 13.1. The fraction of sp³-hybridized carbons (Fsp3) is 0.267. The zero-order valence-electron chi connectivity index (χ0n) is 12.0. The van der Waals surface area contributed by atoms with Crippen LogP contribution in [0.4, 0.5) is 5.69 Å². The van der Waals surface area contributed by atoms with Crippen LogP contribution < -0.4 is 4.72 Å². The maximum Gasteiger partial charge on any atom is 0.233 e. The second-order valence-corrected chi connectivity index (χ2v) is 7.38. The first kappa shape index (κ1) is 15.9. The summed E-state index contributed by atoms with van der Waals surface area (Å²) in [4.78, 5) is 4.15. The molecule has 112 valence electrons. The number of anilines is 1. The molecule has 0 aliphatic heterocycles. The SMILES string of the molecule is CSc1ccc(NS(=O)(=O)C[C@@H](C)c2ccccc2)cn1. The highest BCUT2D eigenvalue weighted by Gasteiger charge is 2.17. The summed E-state index contributed by atoms with van der Waals surface area (Å²) in [6.07, 6.45) is 3.46. The van der Waals surface area contributed by atoms with E-state index in [0.29, 0.717) is 5.69 Å². The molecule has 2 aromatic rings. The van der Waals surface area contributed by atoms with E-state index in [1.807, 2.05) is 43.5 Å². The molecule has 0 spiro atoms. The number of hydrogen-bond donors (Lipinski definition) is 1. The summed E-state index contributed by atoms with van der Waals surface area (Å²) < 4.78 is 27.0. The summed E-state index contributed by atoms with van der Waals surface area (Å²) in [5.74, 6) is -0.0245. The maximum absolute atomic E-state index is 12.2. The minimum Gasteiger partial charge on any atom is -0.282 e. The lowest BCUT2D eigenvalue weighted by Gasteiger charge is -2.13. The van der Waals surface area contributed by atoms with Gasteiger partial charge in [-0.3, -0.25) is 4.72 Å². The summed E-state index contributed by atoms with van der Waals surface area (Å²) in [6.45, 7) is 1.91. The van der Waals surface area contributed by atoms with Gasteiger partial charge in [0.05, 0.1) is 22.7 Å². The van der Waals surface area contributed by atoms with Gasteiger partial charge in [-0.2, -0.15) is 0 Å². The van der Waals surface area contributed by atoms with E-state index in [4.69, 9.17) is 0 Å².